The van der Waals surface area contributed by atoms with Crippen molar-refractivity contribution >= 4 is 29.4 Å². The molecule has 0 aromatic heterocycles. The second kappa shape index (κ2) is 4.42. The Kier molecular flexibility index (Phi) is 3.74. The molecule has 1 unspecified atom stereocenters. The van der Waals surface area contributed by atoms with Crippen molar-refractivity contribution in [1.29, 1.82) is 0 Å². The van der Waals surface area contributed by atoms with Crippen LogP contribution in [0.25, 0.3) is 0 Å². The van der Waals surface area contributed by atoms with Crippen molar-refractivity contribution in [1.82, 2.24) is 5.32 Å². The second-order valence-electron chi connectivity index (χ2n) is 3.51. The van der Waals surface area contributed by atoms with E-state index in [1.165, 1.54) is 11.8 Å². The van der Waals surface area contributed by atoms with Crippen molar-refractivity contribution in [3.8, 4) is 0 Å². The molecule has 1 atom stereocenters. The molecule has 0 aromatic carbocycles. The highest BCUT2D eigenvalue weighted by molar-refractivity contribution is 8.02. The van der Waals surface area contributed by atoms with Crippen molar-refractivity contribution in [2.45, 2.75) is 24.6 Å². The molecule has 1 rings (SSSR count). The normalized spacial score (nSPS) is 25.6. The minimum atomic E-state index is 0.0210. The minimum absolute atomic E-state index is 0.0210. The van der Waals surface area contributed by atoms with E-state index < -0.39 is 0 Å². The van der Waals surface area contributed by atoms with Gasteiger partial charge in [0, 0.05) is 16.6 Å². The molecule has 1 aliphatic rings. The number of nitrogens with one attached hydrogen (secondary N) is 1. The topological polar surface area (TPSA) is 29.1 Å². The Labute approximate surface area is 87.9 Å². The highest BCUT2D eigenvalue weighted by Gasteiger charge is 2.39. The van der Waals surface area contributed by atoms with E-state index >= 15 is 0 Å². The molecule has 0 radical (unpaired) electrons. The summed E-state index contributed by atoms with van der Waals surface area (Å²) in [4.78, 5) is 11.3. The summed E-state index contributed by atoms with van der Waals surface area (Å²) in [5, 5.41) is 4.78. The number of thioether (sulfide) groups is 2. The Morgan fingerprint density at radius 1 is 1.69 bits per heavy atom. The van der Waals surface area contributed by atoms with Gasteiger partial charge < -0.3 is 5.32 Å². The van der Waals surface area contributed by atoms with Crippen LogP contribution in [0.5, 0.6) is 0 Å². The first-order valence-electron chi connectivity index (χ1n) is 4.20. The van der Waals surface area contributed by atoms with Crippen molar-refractivity contribution < 1.29 is 4.79 Å². The van der Waals surface area contributed by atoms with E-state index in [0.717, 1.165) is 5.75 Å². The number of carbonyl (C=O) groups excluding carboxylic acids is 1. The summed E-state index contributed by atoms with van der Waals surface area (Å²) in [6.45, 7) is 4.31. The van der Waals surface area contributed by atoms with E-state index in [4.69, 9.17) is 0 Å². The lowest BCUT2D eigenvalue weighted by atomic mass is 10.0. The molecule has 1 aliphatic heterocycles. The van der Waals surface area contributed by atoms with Crippen LogP contribution in [0.2, 0.25) is 0 Å². The van der Waals surface area contributed by atoms with E-state index in [2.05, 4.69) is 19.2 Å². The molecule has 1 N–H and O–H groups in total. The average Bonchev–Trinajstić information content (AvgIpc) is 2.09. The summed E-state index contributed by atoms with van der Waals surface area (Å²) in [5.74, 6) is 1.05. The lowest BCUT2D eigenvalue weighted by Crippen LogP contribution is -2.56. The van der Waals surface area contributed by atoms with Gasteiger partial charge in [0.1, 0.15) is 0 Å². The summed E-state index contributed by atoms with van der Waals surface area (Å²) in [5.41, 5.74) is 0. The van der Waals surface area contributed by atoms with Crippen LogP contribution in [-0.4, -0.2) is 28.7 Å². The van der Waals surface area contributed by atoms with Crippen LogP contribution in [-0.2, 0) is 4.79 Å². The van der Waals surface area contributed by atoms with Gasteiger partial charge in [-0.2, -0.15) is 11.8 Å². The molecule has 74 valence electrons. The minimum Gasteiger partial charge on any atom is -0.348 e. The lowest BCUT2D eigenvalue weighted by Gasteiger charge is -2.43. The fourth-order valence-corrected chi connectivity index (χ4v) is 2.47. The Morgan fingerprint density at radius 2 is 2.38 bits per heavy atom. The van der Waals surface area contributed by atoms with Gasteiger partial charge in [0.15, 0.2) is 0 Å². The molecular formula is C9H15NOS2. The summed E-state index contributed by atoms with van der Waals surface area (Å²) < 4.78 is 0.211. The first kappa shape index (κ1) is 11.0. The van der Waals surface area contributed by atoms with Gasteiger partial charge in [0.05, 0.1) is 6.04 Å². The molecule has 0 aliphatic carbocycles. The van der Waals surface area contributed by atoms with Crippen LogP contribution in [0, 0.1) is 0 Å². The van der Waals surface area contributed by atoms with Crippen molar-refractivity contribution in [2.24, 2.45) is 0 Å². The largest absolute Gasteiger partial charge is 0.348 e. The van der Waals surface area contributed by atoms with E-state index in [0.29, 0.717) is 6.04 Å². The van der Waals surface area contributed by atoms with Gasteiger partial charge in [-0.05, 0) is 25.5 Å². The third-order valence-electron chi connectivity index (χ3n) is 2.13. The average molecular weight is 217 g/mol. The predicted octanol–water partition coefficient (Wildman–Crippen LogP) is 1.87. The fraction of sp³-hybridized carbons (Fsp3) is 0.667. The smallest absolute Gasteiger partial charge is 0.244 e. The van der Waals surface area contributed by atoms with Crippen LogP contribution >= 0.6 is 23.5 Å². The van der Waals surface area contributed by atoms with E-state index in [-0.39, 0.29) is 10.7 Å². The van der Waals surface area contributed by atoms with Gasteiger partial charge in [0.25, 0.3) is 0 Å². The van der Waals surface area contributed by atoms with Crippen LogP contribution in [0.4, 0.5) is 0 Å². The zero-order valence-corrected chi connectivity index (χ0v) is 9.80. The van der Waals surface area contributed by atoms with Gasteiger partial charge in [-0.25, -0.2) is 0 Å². The SMILES string of the molecule is CS/C=C/C(=O)NC1CSC1(C)C. The Bertz CT molecular complexity index is 226. The summed E-state index contributed by atoms with van der Waals surface area (Å²) >= 11 is 3.43. The van der Waals surface area contributed by atoms with E-state index in [1.807, 2.05) is 18.0 Å². The molecule has 0 saturated carbocycles. The quantitative estimate of drug-likeness (QED) is 0.732. The third kappa shape index (κ3) is 2.95. The maximum atomic E-state index is 11.3. The standard InChI is InChI=1S/C9H15NOS2/c1-9(2)7(6-13-9)10-8(11)4-5-12-3/h4-5,7H,6H2,1-3H3,(H,10,11)/b5-4+. The van der Waals surface area contributed by atoms with Gasteiger partial charge >= 0.3 is 0 Å². The fourth-order valence-electron chi connectivity index (χ4n) is 1.07. The maximum Gasteiger partial charge on any atom is 0.244 e. The molecular weight excluding hydrogens is 202 g/mol. The number of hydrogen-bond donors (Lipinski definition) is 1. The zero-order valence-electron chi connectivity index (χ0n) is 8.16. The first-order valence-corrected chi connectivity index (χ1v) is 6.47. The van der Waals surface area contributed by atoms with Gasteiger partial charge in [-0.3, -0.25) is 4.79 Å². The van der Waals surface area contributed by atoms with Gasteiger partial charge in [-0.15, -0.1) is 11.8 Å². The van der Waals surface area contributed by atoms with E-state index in [1.54, 1.807) is 11.5 Å². The monoisotopic (exact) mass is 217 g/mol. The molecule has 1 saturated heterocycles. The van der Waals surface area contributed by atoms with Crippen molar-refractivity contribution in [2.75, 3.05) is 12.0 Å². The van der Waals surface area contributed by atoms with Crippen molar-refractivity contribution in [3.05, 3.63) is 11.5 Å². The Morgan fingerprint density at radius 3 is 2.77 bits per heavy atom. The van der Waals surface area contributed by atoms with Crippen LogP contribution in [0.1, 0.15) is 13.8 Å². The zero-order chi connectivity index (χ0) is 9.90. The number of rotatable bonds is 3. The molecule has 2 nitrogen and oxygen atoms in total. The number of hydrogen-bond acceptors (Lipinski definition) is 3. The lowest BCUT2D eigenvalue weighted by molar-refractivity contribution is -0.117. The molecule has 1 heterocycles. The maximum absolute atomic E-state index is 11.3. The van der Waals surface area contributed by atoms with Crippen LogP contribution in [0.15, 0.2) is 11.5 Å². The number of carbonyl (C=O) groups is 1. The molecule has 0 bridgehead atoms. The molecule has 1 fully saturated rings. The first-order chi connectivity index (χ1) is 6.06. The summed E-state index contributed by atoms with van der Waals surface area (Å²) in [7, 11) is 0. The Balaban J connectivity index is 2.33. The molecule has 0 aromatic rings. The highest BCUT2D eigenvalue weighted by Crippen LogP contribution is 2.39. The third-order valence-corrected chi connectivity index (χ3v) is 4.07. The van der Waals surface area contributed by atoms with Crippen LogP contribution < -0.4 is 5.32 Å². The molecule has 1 amide bonds. The Hall–Kier alpha value is -0.0900. The molecule has 0 spiro atoms. The summed E-state index contributed by atoms with van der Waals surface area (Å²) in [6, 6.07) is 0.330. The molecule has 13 heavy (non-hydrogen) atoms. The van der Waals surface area contributed by atoms with E-state index in [9.17, 15) is 4.79 Å². The second-order valence-corrected chi connectivity index (χ2v) is 5.93. The molecule has 4 heteroatoms. The predicted molar refractivity (Wildman–Crippen MR) is 61.1 cm³/mol. The van der Waals surface area contributed by atoms with Gasteiger partial charge in [-0.1, -0.05) is 0 Å². The highest BCUT2D eigenvalue weighted by atomic mass is 32.2. The summed E-state index contributed by atoms with van der Waals surface area (Å²) in [6.07, 6.45) is 3.52. The van der Waals surface area contributed by atoms with Crippen LogP contribution in [0.3, 0.4) is 0 Å². The van der Waals surface area contributed by atoms with Gasteiger partial charge in [0.2, 0.25) is 5.91 Å². The van der Waals surface area contributed by atoms with Crippen molar-refractivity contribution in [3.63, 3.8) is 0 Å². The number of amides is 1.